The van der Waals surface area contributed by atoms with Crippen molar-refractivity contribution in [1.29, 1.82) is 0 Å². The molecule has 4 aromatic rings. The second-order valence-electron chi connectivity index (χ2n) is 5.20. The molecule has 0 N–H and O–H groups in total. The maximum Gasteiger partial charge on any atom is 0.243 e. The van der Waals surface area contributed by atoms with Gasteiger partial charge >= 0.3 is 0 Å². The highest BCUT2D eigenvalue weighted by molar-refractivity contribution is 7.98. The number of nitrogens with zero attached hydrogens (tertiary/aromatic N) is 3. The first-order valence-corrected chi connectivity index (χ1v) is 9.41. The fraction of sp³-hybridized carbons (Fsp3) is 0.111. The molecule has 4 nitrogen and oxygen atoms in total. The van der Waals surface area contributed by atoms with Crippen molar-refractivity contribution in [2.24, 2.45) is 0 Å². The van der Waals surface area contributed by atoms with Crippen LogP contribution < -0.4 is 4.74 Å². The zero-order valence-electron chi connectivity index (χ0n) is 13.0. The van der Waals surface area contributed by atoms with Crippen molar-refractivity contribution in [2.45, 2.75) is 10.8 Å². The number of methoxy groups -OCH3 is 1. The zero-order chi connectivity index (χ0) is 16.4. The van der Waals surface area contributed by atoms with Gasteiger partial charge in [0, 0.05) is 11.3 Å². The van der Waals surface area contributed by atoms with Crippen LogP contribution in [0, 0.1) is 0 Å². The topological polar surface area (TPSA) is 39.4 Å². The molecule has 6 heteroatoms. The Morgan fingerprint density at radius 2 is 2.00 bits per heavy atom. The van der Waals surface area contributed by atoms with Gasteiger partial charge in [0.25, 0.3) is 0 Å². The van der Waals surface area contributed by atoms with Gasteiger partial charge in [-0.15, -0.1) is 0 Å². The van der Waals surface area contributed by atoms with Crippen molar-refractivity contribution in [3.05, 3.63) is 64.9 Å². The first-order valence-electron chi connectivity index (χ1n) is 7.48. The Morgan fingerprint density at radius 1 is 1.12 bits per heavy atom. The predicted octanol–water partition coefficient (Wildman–Crippen LogP) is 4.76. The van der Waals surface area contributed by atoms with E-state index in [0.717, 1.165) is 27.7 Å². The Morgan fingerprint density at radius 3 is 2.75 bits per heavy atom. The summed E-state index contributed by atoms with van der Waals surface area (Å²) in [6.45, 7) is 0. The third-order valence-corrected chi connectivity index (χ3v) is 5.34. The maximum absolute atomic E-state index is 5.59. The van der Waals surface area contributed by atoms with Gasteiger partial charge in [-0.1, -0.05) is 42.1 Å². The smallest absolute Gasteiger partial charge is 0.243 e. The highest BCUT2D eigenvalue weighted by atomic mass is 32.2. The van der Waals surface area contributed by atoms with Crippen LogP contribution in [0.15, 0.2) is 64.3 Å². The Kier molecular flexibility index (Phi) is 4.23. The van der Waals surface area contributed by atoms with Crippen LogP contribution in [-0.2, 0) is 5.75 Å². The summed E-state index contributed by atoms with van der Waals surface area (Å²) in [6, 6.07) is 16.2. The standard InChI is InChI=1S/C18H15N3OS2/c1-22-18-17(14-5-3-2-4-6-14)19-15-7-8-16(20-21(15)18)24-12-13-9-10-23-11-13/h2-11H,12H2,1H3. The predicted molar refractivity (Wildman–Crippen MR) is 98.9 cm³/mol. The largest absolute Gasteiger partial charge is 0.479 e. The van der Waals surface area contributed by atoms with Gasteiger partial charge in [-0.3, -0.25) is 0 Å². The number of hydrogen-bond donors (Lipinski definition) is 0. The average Bonchev–Trinajstić information content (AvgIpc) is 3.27. The lowest BCUT2D eigenvalue weighted by Gasteiger charge is -2.04. The van der Waals surface area contributed by atoms with Crippen molar-refractivity contribution in [3.8, 4) is 17.1 Å². The van der Waals surface area contributed by atoms with Gasteiger partial charge in [-0.25, -0.2) is 4.98 Å². The summed E-state index contributed by atoms with van der Waals surface area (Å²) in [6.07, 6.45) is 0. The van der Waals surface area contributed by atoms with E-state index in [4.69, 9.17) is 4.74 Å². The van der Waals surface area contributed by atoms with Crippen LogP contribution in [0.4, 0.5) is 0 Å². The third-order valence-electron chi connectivity index (χ3n) is 3.62. The molecule has 0 saturated carbocycles. The Hall–Kier alpha value is -2.31. The van der Waals surface area contributed by atoms with Crippen molar-refractivity contribution >= 4 is 28.7 Å². The van der Waals surface area contributed by atoms with E-state index in [0.29, 0.717) is 5.88 Å². The van der Waals surface area contributed by atoms with E-state index in [1.165, 1.54) is 5.56 Å². The summed E-state index contributed by atoms with van der Waals surface area (Å²) in [5.74, 6) is 1.57. The molecular formula is C18H15N3OS2. The second kappa shape index (κ2) is 6.67. The van der Waals surface area contributed by atoms with Crippen LogP contribution in [-0.4, -0.2) is 21.7 Å². The molecule has 0 bridgehead atoms. The van der Waals surface area contributed by atoms with Crippen LogP contribution in [0.25, 0.3) is 16.9 Å². The van der Waals surface area contributed by atoms with Crippen LogP contribution in [0.2, 0.25) is 0 Å². The minimum Gasteiger partial charge on any atom is -0.479 e. The number of rotatable bonds is 5. The molecule has 4 rings (SSSR count). The number of thioether (sulfide) groups is 1. The van der Waals surface area contributed by atoms with Gasteiger partial charge in [0.2, 0.25) is 5.88 Å². The Labute approximate surface area is 148 Å². The zero-order valence-corrected chi connectivity index (χ0v) is 14.7. The van der Waals surface area contributed by atoms with Crippen LogP contribution >= 0.6 is 23.1 Å². The number of hydrogen-bond acceptors (Lipinski definition) is 5. The molecule has 0 aliphatic rings. The second-order valence-corrected chi connectivity index (χ2v) is 6.97. The minimum absolute atomic E-state index is 0.661. The van der Waals surface area contributed by atoms with Crippen LogP contribution in [0.5, 0.6) is 5.88 Å². The summed E-state index contributed by atoms with van der Waals surface area (Å²) in [7, 11) is 1.66. The summed E-state index contributed by atoms with van der Waals surface area (Å²) in [5.41, 5.74) is 3.93. The SMILES string of the molecule is COc1c(-c2ccccc2)nc2ccc(SCc3ccsc3)nn12. The lowest BCUT2D eigenvalue weighted by molar-refractivity contribution is 0.387. The number of thiophene rings is 1. The number of imidazole rings is 1. The van der Waals surface area contributed by atoms with Gasteiger partial charge in [0.05, 0.1) is 7.11 Å². The van der Waals surface area contributed by atoms with Gasteiger partial charge in [-0.05, 0) is 34.5 Å². The third kappa shape index (κ3) is 2.90. The van der Waals surface area contributed by atoms with E-state index in [1.54, 1.807) is 34.7 Å². The van der Waals surface area contributed by atoms with E-state index in [2.05, 4.69) is 26.9 Å². The number of benzene rings is 1. The van der Waals surface area contributed by atoms with E-state index in [-0.39, 0.29) is 0 Å². The lowest BCUT2D eigenvalue weighted by atomic mass is 10.2. The first-order chi connectivity index (χ1) is 11.8. The van der Waals surface area contributed by atoms with E-state index < -0.39 is 0 Å². The fourth-order valence-corrected chi connectivity index (χ4v) is 4.04. The molecule has 0 aliphatic carbocycles. The summed E-state index contributed by atoms with van der Waals surface area (Å²) in [5, 5.41) is 9.89. The monoisotopic (exact) mass is 353 g/mol. The summed E-state index contributed by atoms with van der Waals surface area (Å²) >= 11 is 3.42. The normalized spacial score (nSPS) is 11.0. The molecule has 24 heavy (non-hydrogen) atoms. The Bertz CT molecular complexity index is 949. The van der Waals surface area contributed by atoms with Crippen LogP contribution in [0.3, 0.4) is 0 Å². The molecule has 0 unspecified atom stereocenters. The van der Waals surface area contributed by atoms with Gasteiger partial charge < -0.3 is 4.74 Å². The fourth-order valence-electron chi connectivity index (χ4n) is 2.47. The average molecular weight is 353 g/mol. The van der Waals surface area contributed by atoms with E-state index in [9.17, 15) is 0 Å². The number of aromatic nitrogens is 3. The van der Waals surface area contributed by atoms with E-state index >= 15 is 0 Å². The Balaban J connectivity index is 1.71. The molecule has 0 radical (unpaired) electrons. The van der Waals surface area contributed by atoms with Gasteiger partial charge in [0.1, 0.15) is 10.7 Å². The maximum atomic E-state index is 5.59. The molecule has 3 heterocycles. The van der Waals surface area contributed by atoms with Crippen molar-refractivity contribution in [3.63, 3.8) is 0 Å². The summed E-state index contributed by atoms with van der Waals surface area (Å²) in [4.78, 5) is 4.67. The molecule has 0 spiro atoms. The van der Waals surface area contributed by atoms with Crippen LogP contribution in [0.1, 0.15) is 5.56 Å². The molecule has 0 aliphatic heterocycles. The highest BCUT2D eigenvalue weighted by Crippen LogP contribution is 2.31. The van der Waals surface area contributed by atoms with Crippen molar-refractivity contribution in [2.75, 3.05) is 7.11 Å². The molecule has 0 amide bonds. The van der Waals surface area contributed by atoms with Crippen molar-refractivity contribution in [1.82, 2.24) is 14.6 Å². The van der Waals surface area contributed by atoms with Crippen molar-refractivity contribution < 1.29 is 4.74 Å². The molecule has 0 atom stereocenters. The molecule has 3 aromatic heterocycles. The molecule has 1 aromatic carbocycles. The first kappa shape index (κ1) is 15.2. The molecule has 0 saturated heterocycles. The van der Waals surface area contributed by atoms with Gasteiger partial charge in [-0.2, -0.15) is 21.0 Å². The molecule has 0 fully saturated rings. The minimum atomic E-state index is 0.661. The quantitative estimate of drug-likeness (QED) is 0.485. The lowest BCUT2D eigenvalue weighted by Crippen LogP contribution is -1.97. The van der Waals surface area contributed by atoms with E-state index in [1.807, 2.05) is 42.5 Å². The summed E-state index contributed by atoms with van der Waals surface area (Å²) < 4.78 is 7.36. The number of fused-ring (bicyclic) bond motifs is 1. The highest BCUT2D eigenvalue weighted by Gasteiger charge is 2.16. The number of ether oxygens (including phenoxy) is 1. The molecular weight excluding hydrogens is 338 g/mol. The molecule has 120 valence electrons. The van der Waals surface area contributed by atoms with Gasteiger partial charge in [0.15, 0.2) is 5.65 Å².